The van der Waals surface area contributed by atoms with Crippen LogP contribution in [0.2, 0.25) is 0 Å². The van der Waals surface area contributed by atoms with E-state index in [1.807, 2.05) is 0 Å². The Morgan fingerprint density at radius 2 is 1.94 bits per heavy atom. The van der Waals surface area contributed by atoms with Crippen LogP contribution in [0.25, 0.3) is 0 Å². The minimum absolute atomic E-state index is 0.0373. The van der Waals surface area contributed by atoms with Crippen LogP contribution in [0.4, 0.5) is 0 Å². The van der Waals surface area contributed by atoms with Crippen molar-refractivity contribution in [1.29, 1.82) is 0 Å². The molecule has 96 valence electrons. The number of hydrogen-bond acceptors (Lipinski definition) is 5. The SMILES string of the molecule is C#CCC(=O)NCCC(=O)ON1C(=O)CCC1=O. The number of imide groups is 1. The van der Waals surface area contributed by atoms with E-state index in [1.165, 1.54) is 0 Å². The van der Waals surface area contributed by atoms with Crippen molar-refractivity contribution in [3.8, 4) is 12.3 Å². The third-order valence-corrected chi connectivity index (χ3v) is 2.11. The predicted molar refractivity (Wildman–Crippen MR) is 58.3 cm³/mol. The van der Waals surface area contributed by atoms with Gasteiger partial charge in [0, 0.05) is 19.4 Å². The highest BCUT2D eigenvalue weighted by molar-refractivity contribution is 6.01. The molecule has 0 aromatic carbocycles. The Morgan fingerprint density at radius 3 is 2.50 bits per heavy atom. The maximum absolute atomic E-state index is 11.3. The second-order valence-electron chi connectivity index (χ2n) is 3.53. The average molecular weight is 252 g/mol. The Bertz CT molecular complexity index is 408. The van der Waals surface area contributed by atoms with E-state index in [0.29, 0.717) is 5.06 Å². The van der Waals surface area contributed by atoms with E-state index < -0.39 is 17.8 Å². The molecule has 0 atom stereocenters. The van der Waals surface area contributed by atoms with Crippen LogP contribution in [-0.4, -0.2) is 35.3 Å². The maximum atomic E-state index is 11.3. The third kappa shape index (κ3) is 3.90. The van der Waals surface area contributed by atoms with Crippen molar-refractivity contribution in [2.24, 2.45) is 0 Å². The van der Waals surface area contributed by atoms with Crippen LogP contribution < -0.4 is 5.32 Å². The van der Waals surface area contributed by atoms with Gasteiger partial charge in [-0.05, 0) is 0 Å². The molecule has 7 nitrogen and oxygen atoms in total. The third-order valence-electron chi connectivity index (χ3n) is 2.11. The van der Waals surface area contributed by atoms with Crippen molar-refractivity contribution in [3.05, 3.63) is 0 Å². The van der Waals surface area contributed by atoms with Gasteiger partial charge in [0.1, 0.15) is 0 Å². The Balaban J connectivity index is 2.26. The van der Waals surface area contributed by atoms with Gasteiger partial charge in [-0.1, -0.05) is 5.92 Å². The molecule has 1 aliphatic heterocycles. The second kappa shape index (κ2) is 6.39. The lowest BCUT2D eigenvalue weighted by Gasteiger charge is -2.12. The fourth-order valence-corrected chi connectivity index (χ4v) is 1.26. The minimum atomic E-state index is -0.764. The Labute approximate surface area is 103 Å². The summed E-state index contributed by atoms with van der Waals surface area (Å²) in [6.07, 6.45) is 4.79. The second-order valence-corrected chi connectivity index (χ2v) is 3.53. The molecule has 1 heterocycles. The van der Waals surface area contributed by atoms with Crippen LogP contribution in [0, 0.1) is 12.3 Å². The molecule has 1 saturated heterocycles. The van der Waals surface area contributed by atoms with E-state index in [9.17, 15) is 19.2 Å². The summed E-state index contributed by atoms with van der Waals surface area (Å²) in [5.74, 6) is -0.0649. The molecule has 1 aliphatic rings. The van der Waals surface area contributed by atoms with E-state index in [1.54, 1.807) is 0 Å². The van der Waals surface area contributed by atoms with E-state index in [4.69, 9.17) is 6.42 Å². The van der Waals surface area contributed by atoms with Gasteiger partial charge in [0.2, 0.25) is 5.91 Å². The number of amides is 3. The van der Waals surface area contributed by atoms with Crippen molar-refractivity contribution in [2.75, 3.05) is 6.54 Å². The molecular weight excluding hydrogens is 240 g/mol. The van der Waals surface area contributed by atoms with Crippen molar-refractivity contribution in [1.82, 2.24) is 10.4 Å². The molecule has 1 N–H and O–H groups in total. The van der Waals surface area contributed by atoms with E-state index in [0.717, 1.165) is 0 Å². The van der Waals surface area contributed by atoms with Crippen molar-refractivity contribution >= 4 is 23.7 Å². The van der Waals surface area contributed by atoms with Crippen LogP contribution in [-0.2, 0) is 24.0 Å². The van der Waals surface area contributed by atoms with Crippen molar-refractivity contribution in [2.45, 2.75) is 25.7 Å². The fourth-order valence-electron chi connectivity index (χ4n) is 1.26. The number of nitrogens with one attached hydrogen (secondary N) is 1. The molecular formula is C11H12N2O5. The molecule has 3 amide bonds. The number of hydrogen-bond donors (Lipinski definition) is 1. The molecule has 0 aromatic heterocycles. The Morgan fingerprint density at radius 1 is 1.33 bits per heavy atom. The molecule has 0 saturated carbocycles. The van der Waals surface area contributed by atoms with E-state index >= 15 is 0 Å². The minimum Gasteiger partial charge on any atom is -0.355 e. The number of carbonyl (C=O) groups is 4. The van der Waals surface area contributed by atoms with Gasteiger partial charge in [-0.25, -0.2) is 4.79 Å². The lowest BCUT2D eigenvalue weighted by atomic mass is 10.4. The standard InChI is InChI=1S/C11H12N2O5/c1-2-3-8(14)12-7-6-11(17)18-13-9(15)4-5-10(13)16/h1H,3-7H2,(H,12,14). The highest BCUT2D eigenvalue weighted by atomic mass is 16.7. The first-order chi connectivity index (χ1) is 8.54. The largest absolute Gasteiger partial charge is 0.355 e. The van der Waals surface area contributed by atoms with Crippen LogP contribution in [0.15, 0.2) is 0 Å². The highest BCUT2D eigenvalue weighted by Gasteiger charge is 2.32. The monoisotopic (exact) mass is 252 g/mol. The van der Waals surface area contributed by atoms with Crippen molar-refractivity contribution < 1.29 is 24.0 Å². The van der Waals surface area contributed by atoms with E-state index in [-0.39, 0.29) is 38.1 Å². The molecule has 0 radical (unpaired) electrons. The van der Waals surface area contributed by atoms with Crippen LogP contribution >= 0.6 is 0 Å². The lowest BCUT2D eigenvalue weighted by Crippen LogP contribution is -2.33. The highest BCUT2D eigenvalue weighted by Crippen LogP contribution is 2.12. The zero-order chi connectivity index (χ0) is 13.5. The summed E-state index contributed by atoms with van der Waals surface area (Å²) >= 11 is 0. The normalized spacial score (nSPS) is 14.3. The topological polar surface area (TPSA) is 92.8 Å². The number of rotatable bonds is 5. The summed E-state index contributed by atoms with van der Waals surface area (Å²) in [6, 6.07) is 0. The maximum Gasteiger partial charge on any atom is 0.334 e. The molecule has 0 aliphatic carbocycles. The Kier molecular flexibility index (Phi) is 4.87. The van der Waals surface area contributed by atoms with Crippen molar-refractivity contribution in [3.63, 3.8) is 0 Å². The molecule has 18 heavy (non-hydrogen) atoms. The molecule has 1 fully saturated rings. The summed E-state index contributed by atoms with van der Waals surface area (Å²) in [6.45, 7) is 0.0373. The summed E-state index contributed by atoms with van der Waals surface area (Å²) in [4.78, 5) is 49.0. The smallest absolute Gasteiger partial charge is 0.334 e. The first-order valence-electron chi connectivity index (χ1n) is 5.31. The molecule has 7 heteroatoms. The summed E-state index contributed by atoms with van der Waals surface area (Å²) in [5.41, 5.74) is 0. The quantitative estimate of drug-likeness (QED) is 0.507. The summed E-state index contributed by atoms with van der Waals surface area (Å²) in [5, 5.41) is 2.86. The van der Waals surface area contributed by atoms with Crippen LogP contribution in [0.3, 0.4) is 0 Å². The summed E-state index contributed by atoms with van der Waals surface area (Å²) in [7, 11) is 0. The van der Waals surface area contributed by atoms with Gasteiger partial charge in [-0.3, -0.25) is 14.4 Å². The van der Waals surface area contributed by atoms with Gasteiger partial charge in [-0.2, -0.15) is 0 Å². The van der Waals surface area contributed by atoms with Crippen LogP contribution in [0.1, 0.15) is 25.7 Å². The number of nitrogens with zero attached hydrogens (tertiary/aromatic N) is 1. The average Bonchev–Trinajstić information content (AvgIpc) is 2.61. The van der Waals surface area contributed by atoms with Gasteiger partial charge in [0.05, 0.1) is 12.8 Å². The number of terminal acetylenes is 1. The molecule has 0 aromatic rings. The zero-order valence-electron chi connectivity index (χ0n) is 9.60. The van der Waals surface area contributed by atoms with Gasteiger partial charge in [0.15, 0.2) is 0 Å². The molecule has 1 rings (SSSR count). The molecule has 0 bridgehead atoms. The first kappa shape index (κ1) is 13.7. The van der Waals surface area contributed by atoms with Crippen LogP contribution in [0.5, 0.6) is 0 Å². The van der Waals surface area contributed by atoms with Gasteiger partial charge < -0.3 is 10.2 Å². The summed E-state index contributed by atoms with van der Waals surface area (Å²) < 4.78 is 0. The first-order valence-corrected chi connectivity index (χ1v) is 5.31. The zero-order valence-corrected chi connectivity index (χ0v) is 9.60. The fraction of sp³-hybridized carbons (Fsp3) is 0.455. The number of carbonyl (C=O) groups excluding carboxylic acids is 4. The van der Waals surface area contributed by atoms with Gasteiger partial charge in [0.25, 0.3) is 11.8 Å². The predicted octanol–water partition coefficient (Wildman–Crippen LogP) is -0.877. The van der Waals surface area contributed by atoms with E-state index in [2.05, 4.69) is 16.1 Å². The van der Waals surface area contributed by atoms with Gasteiger partial charge >= 0.3 is 5.97 Å². The Hall–Kier alpha value is -2.36. The molecule has 0 unspecified atom stereocenters. The molecule has 0 spiro atoms. The lowest BCUT2D eigenvalue weighted by molar-refractivity contribution is -0.197. The van der Waals surface area contributed by atoms with Gasteiger partial charge in [-0.15, -0.1) is 11.5 Å². The number of hydroxylamine groups is 2.